The zero-order chi connectivity index (χ0) is 31.4. The minimum absolute atomic E-state index is 0.0461. The number of ketones is 1. The third-order valence-electron chi connectivity index (χ3n) is 8.26. The van der Waals surface area contributed by atoms with Crippen LogP contribution in [0.1, 0.15) is 49.7 Å². The third-order valence-corrected chi connectivity index (χ3v) is 8.26. The van der Waals surface area contributed by atoms with Gasteiger partial charge < -0.3 is 29.0 Å². The molecule has 0 spiro atoms. The van der Waals surface area contributed by atoms with Crippen LogP contribution in [0.4, 0.5) is 5.69 Å². The zero-order valence-electron chi connectivity index (χ0n) is 25.9. The van der Waals surface area contributed by atoms with E-state index in [0.717, 1.165) is 11.1 Å². The summed E-state index contributed by atoms with van der Waals surface area (Å²) in [5.74, 6) is 1.12. The number of aliphatic imine (C=N–C) groups is 1. The molecule has 3 aromatic rings. The summed E-state index contributed by atoms with van der Waals surface area (Å²) in [5.41, 5.74) is 4.14. The average Bonchev–Trinajstić information content (AvgIpc) is 3.04. The number of amides is 1. The normalized spacial score (nSPS) is 19.5. The van der Waals surface area contributed by atoms with E-state index < -0.39 is 11.8 Å². The second-order valence-corrected chi connectivity index (χ2v) is 10.7. The maximum Gasteiger partial charge on any atom is 0.234 e. The van der Waals surface area contributed by atoms with Crippen LogP contribution in [-0.4, -0.2) is 52.4 Å². The quantitative estimate of drug-likeness (QED) is 0.291. The molecule has 0 bridgehead atoms. The van der Waals surface area contributed by atoms with Gasteiger partial charge in [0, 0.05) is 29.3 Å². The monoisotopic (exact) mass is 598 g/mol. The van der Waals surface area contributed by atoms with Crippen molar-refractivity contribution in [3.8, 4) is 28.7 Å². The number of methoxy groups -OCH3 is 4. The molecule has 230 valence electrons. The standard InChI is InChI=1S/C35H38N2O7/c1-7-44-29-15-13-22(19-31(29)43-6)33-32(35(39)37-24-10-8-9-11-27(24)40-3)20(2)36-25-16-23(17-26(38)34(25)33)21-12-14-28(41-4)30(18-21)42-5/h8-15,18-19,23,32-33H,7,16-17H2,1-6H3,(H,37,39). The lowest BCUT2D eigenvalue weighted by atomic mass is 9.69. The second-order valence-electron chi connectivity index (χ2n) is 10.7. The maximum absolute atomic E-state index is 14.1. The molecule has 1 amide bonds. The number of anilines is 1. The van der Waals surface area contributed by atoms with Crippen LogP contribution >= 0.6 is 0 Å². The van der Waals surface area contributed by atoms with Crippen molar-refractivity contribution in [3.05, 3.63) is 83.1 Å². The van der Waals surface area contributed by atoms with Gasteiger partial charge in [-0.2, -0.15) is 0 Å². The van der Waals surface area contributed by atoms with E-state index in [4.69, 9.17) is 28.7 Å². The highest BCUT2D eigenvalue weighted by molar-refractivity contribution is 6.13. The Morgan fingerprint density at radius 2 is 1.45 bits per heavy atom. The summed E-state index contributed by atoms with van der Waals surface area (Å²) >= 11 is 0. The van der Waals surface area contributed by atoms with Crippen LogP contribution in [0.15, 0.2) is 76.9 Å². The Bertz CT molecular complexity index is 1630. The molecule has 0 aromatic heterocycles. The number of allylic oxidation sites excluding steroid dienone is 2. The van der Waals surface area contributed by atoms with E-state index in [1.54, 1.807) is 40.6 Å². The lowest BCUT2D eigenvalue weighted by molar-refractivity contribution is -0.119. The molecule has 9 heteroatoms. The molecule has 0 fully saturated rings. The lowest BCUT2D eigenvalue weighted by Crippen LogP contribution is -2.39. The number of rotatable bonds is 10. The maximum atomic E-state index is 14.1. The van der Waals surface area contributed by atoms with Crippen molar-refractivity contribution >= 4 is 23.1 Å². The number of hydrogen-bond donors (Lipinski definition) is 1. The molecule has 1 N–H and O–H groups in total. The van der Waals surface area contributed by atoms with E-state index in [0.29, 0.717) is 64.4 Å². The van der Waals surface area contributed by atoms with Crippen molar-refractivity contribution in [3.63, 3.8) is 0 Å². The van der Waals surface area contributed by atoms with Crippen LogP contribution in [0, 0.1) is 5.92 Å². The van der Waals surface area contributed by atoms with Crippen molar-refractivity contribution in [1.29, 1.82) is 0 Å². The number of para-hydroxylation sites is 2. The van der Waals surface area contributed by atoms with Crippen LogP contribution in [0.5, 0.6) is 28.7 Å². The summed E-state index contributed by atoms with van der Waals surface area (Å²) in [4.78, 5) is 33.2. The van der Waals surface area contributed by atoms with E-state index >= 15 is 0 Å². The van der Waals surface area contributed by atoms with Gasteiger partial charge in [-0.25, -0.2) is 0 Å². The van der Waals surface area contributed by atoms with Crippen LogP contribution < -0.4 is 29.0 Å². The number of hydrogen-bond acceptors (Lipinski definition) is 8. The molecule has 44 heavy (non-hydrogen) atoms. The molecule has 1 aliphatic heterocycles. The second kappa shape index (κ2) is 13.2. The van der Waals surface area contributed by atoms with Crippen LogP contribution in [0.2, 0.25) is 0 Å². The number of ether oxygens (including phenoxy) is 5. The van der Waals surface area contributed by atoms with Gasteiger partial charge in [0.2, 0.25) is 5.91 Å². The average molecular weight is 599 g/mol. The highest BCUT2D eigenvalue weighted by atomic mass is 16.5. The minimum Gasteiger partial charge on any atom is -0.495 e. The molecule has 0 radical (unpaired) electrons. The highest BCUT2D eigenvalue weighted by Gasteiger charge is 2.44. The van der Waals surface area contributed by atoms with Crippen LogP contribution in [0.25, 0.3) is 0 Å². The Kier molecular flexibility index (Phi) is 9.23. The predicted octanol–water partition coefficient (Wildman–Crippen LogP) is 6.33. The van der Waals surface area contributed by atoms with Gasteiger partial charge in [0.1, 0.15) is 5.75 Å². The first kappa shape index (κ1) is 30.7. The van der Waals surface area contributed by atoms with Gasteiger partial charge in [0.25, 0.3) is 0 Å². The summed E-state index contributed by atoms with van der Waals surface area (Å²) in [5, 5.41) is 3.03. The smallest absolute Gasteiger partial charge is 0.234 e. The Hall–Kier alpha value is -4.79. The van der Waals surface area contributed by atoms with Crippen LogP contribution in [0.3, 0.4) is 0 Å². The fraction of sp³-hybridized carbons (Fsp3) is 0.343. The Balaban J connectivity index is 1.59. The number of benzene rings is 3. The van der Waals surface area contributed by atoms with Crippen molar-refractivity contribution < 1.29 is 33.3 Å². The number of nitrogens with one attached hydrogen (secondary N) is 1. The SMILES string of the molecule is CCOc1ccc(C2C3=C(CC(c4ccc(OC)c(OC)c4)CC3=O)N=C(C)C2C(=O)Nc2ccccc2OC)cc1OC. The fourth-order valence-electron chi connectivity index (χ4n) is 6.21. The first-order valence-corrected chi connectivity index (χ1v) is 14.6. The van der Waals surface area contributed by atoms with Crippen molar-refractivity contribution in [2.24, 2.45) is 10.9 Å². The molecule has 0 saturated carbocycles. The van der Waals surface area contributed by atoms with E-state index in [1.165, 1.54) is 0 Å². The Morgan fingerprint density at radius 3 is 2.16 bits per heavy atom. The number of nitrogens with zero attached hydrogens (tertiary/aromatic N) is 1. The molecule has 3 atom stereocenters. The van der Waals surface area contributed by atoms with E-state index in [1.807, 2.05) is 62.4 Å². The van der Waals surface area contributed by atoms with Gasteiger partial charge in [-0.3, -0.25) is 14.6 Å². The predicted molar refractivity (Wildman–Crippen MR) is 169 cm³/mol. The molecule has 3 aromatic carbocycles. The molecule has 3 unspecified atom stereocenters. The molecule has 9 nitrogen and oxygen atoms in total. The van der Waals surface area contributed by atoms with Crippen molar-refractivity contribution in [2.75, 3.05) is 40.4 Å². The first-order valence-electron chi connectivity index (χ1n) is 14.6. The molecular formula is C35H38N2O7. The van der Waals surface area contributed by atoms with Gasteiger partial charge >= 0.3 is 0 Å². The van der Waals surface area contributed by atoms with E-state index in [2.05, 4.69) is 5.32 Å². The number of carbonyl (C=O) groups excluding carboxylic acids is 2. The van der Waals surface area contributed by atoms with E-state index in [-0.39, 0.29) is 24.0 Å². The van der Waals surface area contributed by atoms with Crippen LogP contribution in [-0.2, 0) is 9.59 Å². The largest absolute Gasteiger partial charge is 0.495 e. The van der Waals surface area contributed by atoms with Gasteiger partial charge in [-0.15, -0.1) is 0 Å². The Labute approximate surface area is 257 Å². The number of carbonyl (C=O) groups is 2. The minimum atomic E-state index is -0.747. The first-order chi connectivity index (χ1) is 21.3. The Morgan fingerprint density at radius 1 is 0.818 bits per heavy atom. The molecule has 0 saturated heterocycles. The van der Waals surface area contributed by atoms with E-state index in [9.17, 15) is 9.59 Å². The summed E-state index contributed by atoms with van der Waals surface area (Å²) in [6.45, 7) is 4.22. The lowest BCUT2D eigenvalue weighted by Gasteiger charge is -2.37. The molecule has 5 rings (SSSR count). The van der Waals surface area contributed by atoms with Gasteiger partial charge in [-0.05, 0) is 73.7 Å². The summed E-state index contributed by atoms with van der Waals surface area (Å²) < 4.78 is 27.8. The molecule has 2 aliphatic rings. The molecule has 1 aliphatic carbocycles. The number of Topliss-reactive ketones (excluding diaryl/α,β-unsaturated/α-hetero) is 1. The summed E-state index contributed by atoms with van der Waals surface area (Å²) in [6, 6.07) is 18.5. The molecule has 1 heterocycles. The summed E-state index contributed by atoms with van der Waals surface area (Å²) in [6.07, 6.45) is 0.813. The van der Waals surface area contributed by atoms with Gasteiger partial charge in [0.15, 0.2) is 28.8 Å². The third kappa shape index (κ3) is 5.86. The fourth-order valence-corrected chi connectivity index (χ4v) is 6.21. The zero-order valence-corrected chi connectivity index (χ0v) is 25.9. The van der Waals surface area contributed by atoms with Crippen molar-refractivity contribution in [2.45, 2.75) is 38.5 Å². The highest BCUT2D eigenvalue weighted by Crippen LogP contribution is 2.48. The summed E-state index contributed by atoms with van der Waals surface area (Å²) in [7, 11) is 6.31. The van der Waals surface area contributed by atoms with Gasteiger partial charge in [-0.1, -0.05) is 24.3 Å². The topological polar surface area (TPSA) is 105 Å². The van der Waals surface area contributed by atoms with Crippen molar-refractivity contribution in [1.82, 2.24) is 0 Å². The van der Waals surface area contributed by atoms with Gasteiger partial charge in [0.05, 0.1) is 46.7 Å². The molecular weight excluding hydrogens is 560 g/mol.